The normalized spacial score (nSPS) is 13.2. The lowest BCUT2D eigenvalue weighted by atomic mass is 10.3. The number of hydrogen-bond donors (Lipinski definition) is 1. The third-order valence-corrected chi connectivity index (χ3v) is 2.39. The van der Waals surface area contributed by atoms with E-state index in [2.05, 4.69) is 34.6 Å². The number of furan rings is 1. The van der Waals surface area contributed by atoms with Crippen molar-refractivity contribution in [3.8, 4) is 11.6 Å². The van der Waals surface area contributed by atoms with Crippen LogP contribution in [-0.2, 0) is 0 Å². The van der Waals surface area contributed by atoms with E-state index in [1.165, 1.54) is 0 Å². The maximum atomic E-state index is 5.22. The van der Waals surface area contributed by atoms with Crippen molar-refractivity contribution >= 4 is 0 Å². The molecule has 2 rings (SSSR count). The first kappa shape index (κ1) is 11.8. The second-order valence-corrected chi connectivity index (χ2v) is 4.32. The maximum Gasteiger partial charge on any atom is 0.240 e. The molecule has 2 heterocycles. The van der Waals surface area contributed by atoms with Gasteiger partial charge >= 0.3 is 0 Å². The van der Waals surface area contributed by atoms with E-state index in [1.807, 2.05) is 13.0 Å². The van der Waals surface area contributed by atoms with E-state index in [0.29, 0.717) is 17.6 Å². The number of aromatic nitrogens is 4. The van der Waals surface area contributed by atoms with Gasteiger partial charge in [-0.15, -0.1) is 10.2 Å². The lowest BCUT2D eigenvalue weighted by Crippen LogP contribution is -2.30. The van der Waals surface area contributed by atoms with Gasteiger partial charge in [-0.2, -0.15) is 4.80 Å². The van der Waals surface area contributed by atoms with E-state index >= 15 is 0 Å². The molecule has 0 aliphatic rings. The molecule has 6 nitrogen and oxygen atoms in total. The summed E-state index contributed by atoms with van der Waals surface area (Å²) in [7, 11) is 0. The zero-order valence-corrected chi connectivity index (χ0v) is 10.3. The van der Waals surface area contributed by atoms with Crippen molar-refractivity contribution in [3.05, 3.63) is 18.4 Å². The molecule has 0 bridgehead atoms. The number of nitrogens with zero attached hydrogens (tertiary/aromatic N) is 4. The summed E-state index contributed by atoms with van der Waals surface area (Å²) in [6, 6.07) is 4.23. The smallest absolute Gasteiger partial charge is 0.240 e. The molecule has 0 saturated carbocycles. The average Bonchev–Trinajstić information content (AvgIpc) is 2.94. The SMILES string of the molecule is CC(C)NCC(C)n1nnc(-c2ccco2)n1. The quantitative estimate of drug-likeness (QED) is 0.850. The summed E-state index contributed by atoms with van der Waals surface area (Å²) in [5.41, 5.74) is 0. The van der Waals surface area contributed by atoms with Gasteiger partial charge in [0.15, 0.2) is 5.76 Å². The first-order valence-corrected chi connectivity index (χ1v) is 5.73. The standard InChI is InChI=1S/C11H17N5O/c1-8(2)12-7-9(3)16-14-11(13-15-16)10-5-4-6-17-10/h4-6,8-9,12H,7H2,1-3H3. The van der Waals surface area contributed by atoms with Crippen molar-refractivity contribution in [1.29, 1.82) is 0 Å². The highest BCUT2D eigenvalue weighted by Crippen LogP contribution is 2.14. The van der Waals surface area contributed by atoms with Gasteiger partial charge in [0.25, 0.3) is 0 Å². The first-order valence-electron chi connectivity index (χ1n) is 5.73. The second-order valence-electron chi connectivity index (χ2n) is 4.32. The Morgan fingerprint density at radius 2 is 2.24 bits per heavy atom. The van der Waals surface area contributed by atoms with Crippen LogP contribution in [0.25, 0.3) is 11.6 Å². The van der Waals surface area contributed by atoms with E-state index in [0.717, 1.165) is 6.54 Å². The van der Waals surface area contributed by atoms with Crippen LogP contribution in [0, 0.1) is 0 Å². The molecule has 1 atom stereocenters. The van der Waals surface area contributed by atoms with Crippen molar-refractivity contribution in [2.45, 2.75) is 32.9 Å². The molecule has 0 amide bonds. The highest BCUT2D eigenvalue weighted by molar-refractivity contribution is 5.43. The highest BCUT2D eigenvalue weighted by atomic mass is 16.3. The molecule has 6 heteroatoms. The Kier molecular flexibility index (Phi) is 3.53. The number of tetrazole rings is 1. The first-order chi connectivity index (χ1) is 8.16. The lowest BCUT2D eigenvalue weighted by Gasteiger charge is -2.13. The van der Waals surface area contributed by atoms with E-state index in [-0.39, 0.29) is 6.04 Å². The molecule has 0 saturated heterocycles. The molecule has 1 unspecified atom stereocenters. The van der Waals surface area contributed by atoms with Crippen LogP contribution in [0.2, 0.25) is 0 Å². The fraction of sp³-hybridized carbons (Fsp3) is 0.545. The van der Waals surface area contributed by atoms with Crippen LogP contribution in [-0.4, -0.2) is 32.8 Å². The summed E-state index contributed by atoms with van der Waals surface area (Å²) in [5, 5.41) is 15.6. The van der Waals surface area contributed by atoms with E-state index in [1.54, 1.807) is 17.1 Å². The van der Waals surface area contributed by atoms with Gasteiger partial charge in [-0.3, -0.25) is 0 Å². The number of rotatable bonds is 5. The van der Waals surface area contributed by atoms with Crippen LogP contribution in [0.5, 0.6) is 0 Å². The van der Waals surface area contributed by atoms with Gasteiger partial charge in [-0.05, 0) is 24.3 Å². The van der Waals surface area contributed by atoms with E-state index in [4.69, 9.17) is 4.42 Å². The van der Waals surface area contributed by atoms with Gasteiger partial charge in [-0.1, -0.05) is 13.8 Å². The minimum atomic E-state index is 0.161. The van der Waals surface area contributed by atoms with Crippen LogP contribution in [0.1, 0.15) is 26.8 Å². The maximum absolute atomic E-state index is 5.22. The van der Waals surface area contributed by atoms with Crippen LogP contribution in [0.4, 0.5) is 0 Å². The van der Waals surface area contributed by atoms with Gasteiger partial charge in [0, 0.05) is 12.6 Å². The summed E-state index contributed by atoms with van der Waals surface area (Å²) in [6.45, 7) is 7.07. The van der Waals surface area contributed by atoms with Gasteiger partial charge in [0.1, 0.15) is 0 Å². The topological polar surface area (TPSA) is 68.8 Å². The van der Waals surface area contributed by atoms with Crippen molar-refractivity contribution in [2.75, 3.05) is 6.54 Å². The summed E-state index contributed by atoms with van der Waals surface area (Å²) < 4.78 is 5.22. The molecule has 0 fully saturated rings. The van der Waals surface area contributed by atoms with Crippen LogP contribution in [0.3, 0.4) is 0 Å². The Hall–Kier alpha value is -1.69. The summed E-state index contributed by atoms with van der Waals surface area (Å²) in [5.74, 6) is 1.16. The average molecular weight is 235 g/mol. The summed E-state index contributed by atoms with van der Waals surface area (Å²) in [6.07, 6.45) is 1.60. The van der Waals surface area contributed by atoms with Gasteiger partial charge in [0.05, 0.1) is 12.3 Å². The van der Waals surface area contributed by atoms with Crippen molar-refractivity contribution in [2.24, 2.45) is 0 Å². The molecule has 0 spiro atoms. The number of hydrogen-bond acceptors (Lipinski definition) is 5. The van der Waals surface area contributed by atoms with Crippen LogP contribution in [0.15, 0.2) is 22.8 Å². The monoisotopic (exact) mass is 235 g/mol. The molecular formula is C11H17N5O. The van der Waals surface area contributed by atoms with Gasteiger partial charge < -0.3 is 9.73 Å². The molecule has 17 heavy (non-hydrogen) atoms. The zero-order valence-electron chi connectivity index (χ0n) is 10.3. The molecule has 0 radical (unpaired) electrons. The second kappa shape index (κ2) is 5.09. The molecule has 92 valence electrons. The zero-order chi connectivity index (χ0) is 12.3. The predicted octanol–water partition coefficient (Wildman–Crippen LogP) is 1.49. The number of nitrogens with one attached hydrogen (secondary N) is 1. The minimum absolute atomic E-state index is 0.161. The molecule has 0 aliphatic heterocycles. The molecule has 2 aromatic rings. The predicted molar refractivity (Wildman–Crippen MR) is 63.4 cm³/mol. The third-order valence-electron chi connectivity index (χ3n) is 2.39. The molecule has 0 aromatic carbocycles. The van der Waals surface area contributed by atoms with Crippen molar-refractivity contribution < 1.29 is 4.42 Å². The Morgan fingerprint density at radius 1 is 1.41 bits per heavy atom. The lowest BCUT2D eigenvalue weighted by molar-refractivity contribution is 0.388. The van der Waals surface area contributed by atoms with Crippen molar-refractivity contribution in [1.82, 2.24) is 25.5 Å². The Labute approximate surface area is 100 Å². The summed E-state index contributed by atoms with van der Waals surface area (Å²) >= 11 is 0. The fourth-order valence-corrected chi connectivity index (χ4v) is 1.40. The van der Waals surface area contributed by atoms with E-state index in [9.17, 15) is 0 Å². The largest absolute Gasteiger partial charge is 0.461 e. The van der Waals surface area contributed by atoms with E-state index < -0.39 is 0 Å². The summed E-state index contributed by atoms with van der Waals surface area (Å²) in [4.78, 5) is 1.60. The fourth-order valence-electron chi connectivity index (χ4n) is 1.40. The Bertz CT molecular complexity index is 448. The Morgan fingerprint density at radius 3 is 2.88 bits per heavy atom. The minimum Gasteiger partial charge on any atom is -0.461 e. The van der Waals surface area contributed by atoms with Crippen molar-refractivity contribution in [3.63, 3.8) is 0 Å². The van der Waals surface area contributed by atoms with Crippen LogP contribution >= 0.6 is 0 Å². The Balaban J connectivity index is 2.03. The molecule has 1 N–H and O–H groups in total. The molecule has 0 aliphatic carbocycles. The molecule has 2 aromatic heterocycles. The molecular weight excluding hydrogens is 218 g/mol. The van der Waals surface area contributed by atoms with Gasteiger partial charge in [-0.25, -0.2) is 0 Å². The van der Waals surface area contributed by atoms with Crippen LogP contribution < -0.4 is 5.32 Å². The third kappa shape index (κ3) is 2.91. The van der Waals surface area contributed by atoms with Gasteiger partial charge in [0.2, 0.25) is 5.82 Å². The highest BCUT2D eigenvalue weighted by Gasteiger charge is 2.12.